The van der Waals surface area contributed by atoms with Gasteiger partial charge in [-0.2, -0.15) is 0 Å². The molecular formula is C17H15N3. The predicted molar refractivity (Wildman–Crippen MR) is 79.3 cm³/mol. The molecule has 3 aromatic rings. The molecule has 0 saturated carbocycles. The molecule has 2 heterocycles. The molecule has 1 aliphatic rings. The Morgan fingerprint density at radius 2 is 1.95 bits per heavy atom. The lowest BCUT2D eigenvalue weighted by Gasteiger charge is -2.04. The van der Waals surface area contributed by atoms with E-state index in [0.29, 0.717) is 0 Å². The van der Waals surface area contributed by atoms with Crippen molar-refractivity contribution in [1.82, 2.24) is 15.0 Å². The van der Waals surface area contributed by atoms with Crippen molar-refractivity contribution in [3.05, 3.63) is 60.0 Å². The zero-order valence-corrected chi connectivity index (χ0v) is 11.1. The van der Waals surface area contributed by atoms with E-state index in [1.165, 1.54) is 22.5 Å². The van der Waals surface area contributed by atoms with Crippen molar-refractivity contribution in [1.29, 1.82) is 0 Å². The first kappa shape index (κ1) is 11.4. The first-order valence-electron chi connectivity index (χ1n) is 6.99. The molecule has 0 amide bonds. The van der Waals surface area contributed by atoms with E-state index in [1.54, 1.807) is 6.20 Å². The van der Waals surface area contributed by atoms with Crippen LogP contribution >= 0.6 is 0 Å². The minimum Gasteiger partial charge on any atom is -0.338 e. The molecule has 20 heavy (non-hydrogen) atoms. The number of aromatic amines is 1. The molecule has 0 fully saturated rings. The van der Waals surface area contributed by atoms with Crippen LogP contribution in [-0.2, 0) is 12.8 Å². The number of hydrogen-bond acceptors (Lipinski definition) is 2. The second-order valence-electron chi connectivity index (χ2n) is 5.16. The Morgan fingerprint density at radius 3 is 2.85 bits per heavy atom. The summed E-state index contributed by atoms with van der Waals surface area (Å²) >= 11 is 0. The number of nitrogens with zero attached hydrogens (tertiary/aromatic N) is 2. The molecule has 0 unspecified atom stereocenters. The Hall–Kier alpha value is -2.42. The molecule has 1 N–H and O–H groups in total. The molecule has 4 rings (SSSR count). The number of benzene rings is 1. The molecule has 3 nitrogen and oxygen atoms in total. The van der Waals surface area contributed by atoms with Gasteiger partial charge in [0, 0.05) is 23.5 Å². The highest BCUT2D eigenvalue weighted by Gasteiger charge is 2.18. The maximum absolute atomic E-state index is 4.78. The van der Waals surface area contributed by atoms with Crippen molar-refractivity contribution in [2.75, 3.05) is 0 Å². The molecule has 98 valence electrons. The second kappa shape index (κ2) is 4.60. The monoisotopic (exact) mass is 261 g/mol. The summed E-state index contributed by atoms with van der Waals surface area (Å²) in [6, 6.07) is 12.6. The number of imidazole rings is 1. The van der Waals surface area contributed by atoms with E-state index in [9.17, 15) is 0 Å². The van der Waals surface area contributed by atoms with Crippen LogP contribution in [0.15, 0.2) is 48.8 Å². The Labute approximate surface area is 117 Å². The fraction of sp³-hybridized carbons (Fsp3) is 0.176. The number of rotatable bonds is 1. The summed E-state index contributed by atoms with van der Waals surface area (Å²) in [5.74, 6) is 0.916. The number of fused-ring (bicyclic) bond motifs is 3. The third-order valence-electron chi connectivity index (χ3n) is 3.86. The van der Waals surface area contributed by atoms with Gasteiger partial charge in [-0.05, 0) is 37.0 Å². The zero-order chi connectivity index (χ0) is 13.4. The van der Waals surface area contributed by atoms with Crippen LogP contribution in [-0.4, -0.2) is 15.0 Å². The van der Waals surface area contributed by atoms with E-state index in [1.807, 2.05) is 18.3 Å². The Balaban J connectivity index is 1.88. The topological polar surface area (TPSA) is 41.6 Å². The highest BCUT2D eigenvalue weighted by Crippen LogP contribution is 2.32. The molecule has 0 spiro atoms. The third kappa shape index (κ3) is 1.83. The smallest absolute Gasteiger partial charge is 0.139 e. The number of H-pyrrole nitrogens is 1. The molecule has 1 aliphatic carbocycles. The molecule has 1 aromatic carbocycles. The van der Waals surface area contributed by atoms with Crippen LogP contribution in [0.4, 0.5) is 0 Å². The van der Waals surface area contributed by atoms with E-state index >= 15 is 0 Å². The quantitative estimate of drug-likeness (QED) is 0.726. The van der Waals surface area contributed by atoms with Crippen molar-refractivity contribution in [2.24, 2.45) is 0 Å². The fourth-order valence-corrected chi connectivity index (χ4v) is 2.88. The van der Waals surface area contributed by atoms with E-state index in [4.69, 9.17) is 4.98 Å². The van der Waals surface area contributed by atoms with E-state index in [0.717, 1.165) is 30.7 Å². The first-order chi connectivity index (χ1) is 9.92. The second-order valence-corrected chi connectivity index (χ2v) is 5.16. The Morgan fingerprint density at radius 1 is 1.00 bits per heavy atom. The minimum atomic E-state index is 0.916. The molecule has 0 saturated heterocycles. The largest absolute Gasteiger partial charge is 0.338 e. The molecular weight excluding hydrogens is 246 g/mol. The van der Waals surface area contributed by atoms with Crippen LogP contribution in [0.2, 0.25) is 0 Å². The van der Waals surface area contributed by atoms with Crippen molar-refractivity contribution < 1.29 is 0 Å². The van der Waals surface area contributed by atoms with E-state index in [2.05, 4.69) is 34.2 Å². The van der Waals surface area contributed by atoms with Gasteiger partial charge in [-0.3, -0.25) is 4.98 Å². The average molecular weight is 261 g/mol. The molecule has 2 aromatic heterocycles. The zero-order valence-electron chi connectivity index (χ0n) is 11.1. The number of hydrogen-bond donors (Lipinski definition) is 1. The van der Waals surface area contributed by atoms with E-state index in [-0.39, 0.29) is 0 Å². The third-order valence-corrected chi connectivity index (χ3v) is 3.86. The van der Waals surface area contributed by atoms with Crippen LogP contribution in [0.5, 0.6) is 0 Å². The van der Waals surface area contributed by atoms with Gasteiger partial charge in [-0.15, -0.1) is 0 Å². The number of aryl methyl sites for hydroxylation is 2. The molecule has 0 bridgehead atoms. The summed E-state index contributed by atoms with van der Waals surface area (Å²) in [6.07, 6.45) is 6.95. The van der Waals surface area contributed by atoms with Crippen LogP contribution in [0.1, 0.15) is 17.7 Å². The van der Waals surface area contributed by atoms with Gasteiger partial charge in [0.25, 0.3) is 0 Å². The normalized spacial score (nSPS) is 13.4. The van der Waals surface area contributed by atoms with Crippen molar-refractivity contribution in [2.45, 2.75) is 19.3 Å². The summed E-state index contributed by atoms with van der Waals surface area (Å²) < 4.78 is 0. The van der Waals surface area contributed by atoms with Gasteiger partial charge in [-0.25, -0.2) is 4.98 Å². The van der Waals surface area contributed by atoms with Gasteiger partial charge < -0.3 is 4.98 Å². The molecule has 0 radical (unpaired) electrons. The maximum atomic E-state index is 4.78. The number of nitrogens with one attached hydrogen (secondary N) is 1. The molecule has 3 heteroatoms. The Bertz CT molecular complexity index is 744. The van der Waals surface area contributed by atoms with Crippen molar-refractivity contribution >= 4 is 0 Å². The van der Waals surface area contributed by atoms with Crippen molar-refractivity contribution in [3.63, 3.8) is 0 Å². The Kier molecular flexibility index (Phi) is 2.62. The summed E-state index contributed by atoms with van der Waals surface area (Å²) in [5.41, 5.74) is 6.10. The predicted octanol–water partition coefficient (Wildman–Crippen LogP) is 3.63. The first-order valence-corrected chi connectivity index (χ1v) is 6.99. The van der Waals surface area contributed by atoms with E-state index < -0.39 is 0 Å². The van der Waals surface area contributed by atoms with Gasteiger partial charge in [0.05, 0.1) is 11.4 Å². The highest BCUT2D eigenvalue weighted by atomic mass is 14.9. The van der Waals surface area contributed by atoms with Crippen LogP contribution in [0.25, 0.3) is 22.6 Å². The standard InChI is InChI=1S/C17H15N3/c1-2-8-14-12(5-1)6-3-9-15-16(14)20-17(19-15)13-7-4-10-18-11-13/h1-2,4-5,7-8,10-11H,3,6,9H2,(H,19,20). The molecule has 0 aliphatic heterocycles. The lowest BCUT2D eigenvalue weighted by molar-refractivity contribution is 0.818. The maximum Gasteiger partial charge on any atom is 0.139 e. The lowest BCUT2D eigenvalue weighted by Crippen LogP contribution is -1.88. The molecule has 0 atom stereocenters. The number of aromatic nitrogens is 3. The van der Waals surface area contributed by atoms with Gasteiger partial charge in [0.15, 0.2) is 0 Å². The van der Waals surface area contributed by atoms with Crippen molar-refractivity contribution in [3.8, 4) is 22.6 Å². The summed E-state index contributed by atoms with van der Waals surface area (Å²) in [6.45, 7) is 0. The highest BCUT2D eigenvalue weighted by molar-refractivity contribution is 5.70. The summed E-state index contributed by atoms with van der Waals surface area (Å²) in [7, 11) is 0. The SMILES string of the molecule is c1cncc(-c2nc3c([nH]2)-c2ccccc2CCC3)c1. The summed E-state index contributed by atoms with van der Waals surface area (Å²) in [5, 5.41) is 0. The van der Waals surface area contributed by atoms with Gasteiger partial charge >= 0.3 is 0 Å². The van der Waals surface area contributed by atoms with Gasteiger partial charge in [-0.1, -0.05) is 24.3 Å². The van der Waals surface area contributed by atoms with Gasteiger partial charge in [0.1, 0.15) is 5.82 Å². The van der Waals surface area contributed by atoms with Gasteiger partial charge in [0.2, 0.25) is 0 Å². The van der Waals surface area contributed by atoms with Crippen LogP contribution in [0, 0.1) is 0 Å². The minimum absolute atomic E-state index is 0.916. The van der Waals surface area contributed by atoms with Crippen LogP contribution < -0.4 is 0 Å². The summed E-state index contributed by atoms with van der Waals surface area (Å²) in [4.78, 5) is 12.4. The fourth-order valence-electron chi connectivity index (χ4n) is 2.88. The average Bonchev–Trinajstić information content (AvgIpc) is 2.85. The lowest BCUT2D eigenvalue weighted by atomic mass is 10.0. The van der Waals surface area contributed by atoms with Crippen LogP contribution in [0.3, 0.4) is 0 Å². The number of pyridine rings is 1.